The minimum Gasteiger partial charge on any atom is -0.372 e. The largest absolute Gasteiger partial charge is 0.372 e. The van der Waals surface area contributed by atoms with E-state index in [1.165, 1.54) is 5.69 Å². The lowest BCUT2D eigenvalue weighted by atomic mass is 10.2. The van der Waals surface area contributed by atoms with Crippen LogP contribution in [0.25, 0.3) is 0 Å². The zero-order chi connectivity index (χ0) is 14.1. The molecule has 106 valence electrons. The highest BCUT2D eigenvalue weighted by Gasteiger charge is 2.02. The van der Waals surface area contributed by atoms with Gasteiger partial charge in [-0.05, 0) is 39.3 Å². The van der Waals surface area contributed by atoms with Gasteiger partial charge in [0.2, 0.25) is 0 Å². The number of nitrogens with two attached hydrogens (primary N) is 1. The van der Waals surface area contributed by atoms with Crippen molar-refractivity contribution in [2.45, 2.75) is 33.2 Å². The lowest BCUT2D eigenvalue weighted by molar-refractivity contribution is 0.714. The van der Waals surface area contributed by atoms with Crippen LogP contribution in [0.2, 0.25) is 0 Å². The lowest BCUT2D eigenvalue weighted by Crippen LogP contribution is -2.37. The molecule has 0 unspecified atom stereocenters. The smallest absolute Gasteiger partial charge is 0.188 e. The summed E-state index contributed by atoms with van der Waals surface area (Å²) in [4.78, 5) is 6.67. The third-order valence-electron chi connectivity index (χ3n) is 2.81. The zero-order valence-electron chi connectivity index (χ0n) is 12.3. The van der Waals surface area contributed by atoms with Crippen molar-refractivity contribution < 1.29 is 0 Å². The van der Waals surface area contributed by atoms with Crippen molar-refractivity contribution in [2.24, 2.45) is 10.7 Å². The van der Waals surface area contributed by atoms with E-state index in [-0.39, 0.29) is 0 Å². The summed E-state index contributed by atoms with van der Waals surface area (Å²) in [7, 11) is 0. The molecule has 4 heteroatoms. The lowest BCUT2D eigenvalue weighted by Gasteiger charge is -2.22. The topological polar surface area (TPSA) is 53.6 Å². The first-order valence-electron chi connectivity index (χ1n) is 7.00. The molecule has 0 spiro atoms. The van der Waals surface area contributed by atoms with Crippen LogP contribution in [0.1, 0.15) is 27.2 Å². The molecule has 0 radical (unpaired) electrons. The van der Waals surface area contributed by atoms with Crippen LogP contribution in [-0.2, 0) is 0 Å². The molecular weight excluding hydrogens is 236 g/mol. The van der Waals surface area contributed by atoms with Gasteiger partial charge in [0.1, 0.15) is 0 Å². The average Bonchev–Trinajstić information content (AvgIpc) is 2.39. The fraction of sp³-hybridized carbons (Fsp3) is 0.533. The van der Waals surface area contributed by atoms with Gasteiger partial charge in [0, 0.05) is 31.4 Å². The molecule has 0 amide bonds. The number of rotatable bonds is 7. The fourth-order valence-electron chi connectivity index (χ4n) is 1.91. The van der Waals surface area contributed by atoms with E-state index in [4.69, 9.17) is 5.73 Å². The van der Waals surface area contributed by atoms with E-state index in [0.29, 0.717) is 12.0 Å². The van der Waals surface area contributed by atoms with Gasteiger partial charge in [-0.3, -0.25) is 4.99 Å². The summed E-state index contributed by atoms with van der Waals surface area (Å²) in [6.07, 6.45) is 1.00. The molecule has 0 aliphatic rings. The van der Waals surface area contributed by atoms with Crippen LogP contribution in [0.3, 0.4) is 0 Å². The maximum atomic E-state index is 5.76. The Labute approximate surface area is 116 Å². The van der Waals surface area contributed by atoms with E-state index >= 15 is 0 Å². The van der Waals surface area contributed by atoms with Crippen molar-refractivity contribution in [1.29, 1.82) is 0 Å². The van der Waals surface area contributed by atoms with Gasteiger partial charge in [-0.15, -0.1) is 0 Å². The number of nitrogens with zero attached hydrogens (tertiary/aromatic N) is 2. The molecule has 0 saturated heterocycles. The summed E-state index contributed by atoms with van der Waals surface area (Å²) < 4.78 is 0. The Morgan fingerprint density at radius 2 is 2.00 bits per heavy atom. The van der Waals surface area contributed by atoms with Crippen molar-refractivity contribution in [3.63, 3.8) is 0 Å². The molecule has 19 heavy (non-hydrogen) atoms. The summed E-state index contributed by atoms with van der Waals surface area (Å²) >= 11 is 0. The Morgan fingerprint density at radius 3 is 2.58 bits per heavy atom. The second-order valence-corrected chi connectivity index (χ2v) is 4.83. The fourth-order valence-corrected chi connectivity index (χ4v) is 1.91. The molecule has 0 bridgehead atoms. The van der Waals surface area contributed by atoms with Crippen molar-refractivity contribution in [1.82, 2.24) is 5.32 Å². The van der Waals surface area contributed by atoms with Gasteiger partial charge in [-0.25, -0.2) is 0 Å². The first-order chi connectivity index (χ1) is 9.13. The molecule has 0 aromatic heterocycles. The van der Waals surface area contributed by atoms with Crippen LogP contribution < -0.4 is 16.0 Å². The number of anilines is 1. The van der Waals surface area contributed by atoms with E-state index in [2.05, 4.69) is 60.2 Å². The highest BCUT2D eigenvalue weighted by Crippen LogP contribution is 2.12. The van der Waals surface area contributed by atoms with Crippen LogP contribution in [0.5, 0.6) is 0 Å². The molecule has 1 rings (SSSR count). The van der Waals surface area contributed by atoms with E-state index in [9.17, 15) is 0 Å². The first-order valence-corrected chi connectivity index (χ1v) is 7.00. The van der Waals surface area contributed by atoms with Crippen molar-refractivity contribution in [2.75, 3.05) is 24.5 Å². The normalized spacial score (nSPS) is 11.7. The van der Waals surface area contributed by atoms with Crippen molar-refractivity contribution in [3.05, 3.63) is 30.3 Å². The minimum absolute atomic E-state index is 0.334. The number of nitrogens with one attached hydrogen (secondary N) is 1. The van der Waals surface area contributed by atoms with E-state index in [1.807, 2.05) is 6.07 Å². The molecule has 4 nitrogen and oxygen atoms in total. The van der Waals surface area contributed by atoms with Crippen LogP contribution in [0.4, 0.5) is 5.69 Å². The number of para-hydroxylation sites is 1. The molecule has 3 N–H and O–H groups in total. The first kappa shape index (κ1) is 15.3. The number of hydrogen-bond acceptors (Lipinski definition) is 2. The number of hydrogen-bond donors (Lipinski definition) is 2. The third kappa shape index (κ3) is 6.13. The Bertz CT molecular complexity index is 373. The van der Waals surface area contributed by atoms with Gasteiger partial charge in [0.25, 0.3) is 0 Å². The summed E-state index contributed by atoms with van der Waals surface area (Å²) in [5.74, 6) is 0.540. The number of aliphatic imine (C=N–C) groups is 1. The average molecular weight is 262 g/mol. The van der Waals surface area contributed by atoms with Crippen LogP contribution in [0, 0.1) is 0 Å². The van der Waals surface area contributed by atoms with E-state index in [1.54, 1.807) is 0 Å². The summed E-state index contributed by atoms with van der Waals surface area (Å²) in [6.45, 7) is 9.04. The number of benzene rings is 1. The van der Waals surface area contributed by atoms with Gasteiger partial charge < -0.3 is 16.0 Å². The highest BCUT2D eigenvalue weighted by atomic mass is 15.1. The minimum atomic E-state index is 0.334. The molecule has 0 heterocycles. The summed E-state index contributed by atoms with van der Waals surface area (Å²) in [6, 6.07) is 10.8. The summed E-state index contributed by atoms with van der Waals surface area (Å²) in [5, 5.41) is 3.09. The van der Waals surface area contributed by atoms with E-state index < -0.39 is 0 Å². The number of guanidine groups is 1. The van der Waals surface area contributed by atoms with Crippen molar-refractivity contribution >= 4 is 11.6 Å². The second kappa shape index (κ2) is 8.40. The molecule has 0 saturated carbocycles. The Hall–Kier alpha value is -1.71. The van der Waals surface area contributed by atoms with Crippen molar-refractivity contribution in [3.8, 4) is 0 Å². The zero-order valence-corrected chi connectivity index (χ0v) is 12.3. The Balaban J connectivity index is 2.35. The molecular formula is C15H26N4. The molecule has 0 fully saturated rings. The molecule has 0 aliphatic carbocycles. The standard InChI is InChI=1S/C15H26N4/c1-4-19(14-9-6-5-7-10-14)12-8-11-17-15(16)18-13(2)3/h5-7,9-10,13H,4,8,11-12H2,1-3H3,(H3,16,17,18). The van der Waals surface area contributed by atoms with Crippen LogP contribution in [-0.4, -0.2) is 31.6 Å². The van der Waals surface area contributed by atoms with E-state index in [0.717, 1.165) is 26.1 Å². The predicted octanol–water partition coefficient (Wildman–Crippen LogP) is 2.22. The Morgan fingerprint density at radius 1 is 1.32 bits per heavy atom. The second-order valence-electron chi connectivity index (χ2n) is 4.83. The highest BCUT2D eigenvalue weighted by molar-refractivity contribution is 5.78. The summed E-state index contributed by atoms with van der Waals surface area (Å²) in [5.41, 5.74) is 7.03. The van der Waals surface area contributed by atoms with Gasteiger partial charge in [-0.1, -0.05) is 18.2 Å². The van der Waals surface area contributed by atoms with Gasteiger partial charge in [-0.2, -0.15) is 0 Å². The van der Waals surface area contributed by atoms with Gasteiger partial charge >= 0.3 is 0 Å². The van der Waals surface area contributed by atoms with Crippen LogP contribution in [0.15, 0.2) is 35.3 Å². The molecule has 0 aliphatic heterocycles. The quantitative estimate of drug-likeness (QED) is 0.450. The third-order valence-corrected chi connectivity index (χ3v) is 2.81. The molecule has 0 atom stereocenters. The van der Waals surface area contributed by atoms with Crippen LogP contribution >= 0.6 is 0 Å². The monoisotopic (exact) mass is 262 g/mol. The van der Waals surface area contributed by atoms with Gasteiger partial charge in [0.15, 0.2) is 5.96 Å². The SMILES string of the molecule is CCN(CCCN=C(N)NC(C)C)c1ccccc1. The molecule has 1 aromatic rings. The Kier molecular flexibility index (Phi) is 6.79. The maximum Gasteiger partial charge on any atom is 0.188 e. The predicted molar refractivity (Wildman–Crippen MR) is 83.7 cm³/mol. The molecule has 1 aromatic carbocycles. The maximum absolute atomic E-state index is 5.76. The van der Waals surface area contributed by atoms with Gasteiger partial charge in [0.05, 0.1) is 0 Å².